The van der Waals surface area contributed by atoms with Crippen LogP contribution in [0.2, 0.25) is 0 Å². The van der Waals surface area contributed by atoms with Crippen molar-refractivity contribution in [3.8, 4) is 16.9 Å². The zero-order valence-corrected chi connectivity index (χ0v) is 17.5. The summed E-state index contributed by atoms with van der Waals surface area (Å²) in [6.45, 7) is 4.28. The number of benzene rings is 2. The van der Waals surface area contributed by atoms with Crippen LogP contribution >= 0.6 is 0 Å². The Morgan fingerprint density at radius 1 is 1.03 bits per heavy atom. The first-order valence-corrected chi connectivity index (χ1v) is 9.90. The molecule has 7 nitrogen and oxygen atoms in total. The number of carbonyl (C=O) groups is 2. The molecule has 0 unspecified atom stereocenters. The highest BCUT2D eigenvalue weighted by Crippen LogP contribution is 2.24. The van der Waals surface area contributed by atoms with Gasteiger partial charge in [-0.05, 0) is 33.0 Å². The molecule has 2 N–H and O–H groups in total. The summed E-state index contributed by atoms with van der Waals surface area (Å²) in [6.07, 6.45) is 1.98. The van der Waals surface area contributed by atoms with Crippen molar-refractivity contribution in [3.63, 3.8) is 0 Å². The van der Waals surface area contributed by atoms with E-state index < -0.39 is 6.03 Å². The van der Waals surface area contributed by atoms with Gasteiger partial charge in [-0.2, -0.15) is 5.10 Å². The zero-order valence-electron chi connectivity index (χ0n) is 17.5. The minimum atomic E-state index is -0.481. The molecule has 30 heavy (non-hydrogen) atoms. The molecule has 0 saturated carbocycles. The molecule has 7 heteroatoms. The predicted octanol–water partition coefficient (Wildman–Crippen LogP) is 3.21. The van der Waals surface area contributed by atoms with Gasteiger partial charge in [0.15, 0.2) is 0 Å². The van der Waals surface area contributed by atoms with Crippen molar-refractivity contribution in [1.29, 1.82) is 0 Å². The highest BCUT2D eigenvalue weighted by Gasteiger charge is 2.16. The van der Waals surface area contributed by atoms with Crippen molar-refractivity contribution in [3.05, 3.63) is 72.4 Å². The Morgan fingerprint density at radius 3 is 2.30 bits per heavy atom. The number of amides is 3. The van der Waals surface area contributed by atoms with Crippen molar-refractivity contribution >= 4 is 11.9 Å². The highest BCUT2D eigenvalue weighted by atomic mass is 16.2. The van der Waals surface area contributed by atoms with E-state index in [1.165, 1.54) is 0 Å². The molecule has 0 aliphatic rings. The lowest BCUT2D eigenvalue weighted by molar-refractivity contribution is -0.120. The Kier molecular flexibility index (Phi) is 6.98. The number of carbonyl (C=O) groups excluding carboxylic acids is 2. The minimum Gasteiger partial charge on any atom is -0.336 e. The van der Waals surface area contributed by atoms with Crippen molar-refractivity contribution in [1.82, 2.24) is 25.3 Å². The maximum Gasteiger partial charge on any atom is 0.321 e. The summed E-state index contributed by atoms with van der Waals surface area (Å²) in [5, 5.41) is 9.79. The first-order valence-electron chi connectivity index (χ1n) is 9.90. The van der Waals surface area contributed by atoms with Crippen LogP contribution in [-0.4, -0.2) is 46.3 Å². The van der Waals surface area contributed by atoms with Gasteiger partial charge in [-0.25, -0.2) is 9.48 Å². The molecule has 3 aromatic rings. The number of hydrogen-bond donors (Lipinski definition) is 2. The summed E-state index contributed by atoms with van der Waals surface area (Å²) in [6, 6.07) is 19.3. The molecule has 1 heterocycles. The zero-order chi connectivity index (χ0) is 21.5. The number of likely N-dealkylation sites (N-methyl/N-ethyl adjacent to an activating group) is 1. The van der Waals surface area contributed by atoms with E-state index in [0.29, 0.717) is 6.54 Å². The lowest BCUT2D eigenvalue weighted by Crippen LogP contribution is -2.45. The maximum absolute atomic E-state index is 12.2. The van der Waals surface area contributed by atoms with Gasteiger partial charge >= 0.3 is 6.03 Å². The topological polar surface area (TPSA) is 79.3 Å². The van der Waals surface area contributed by atoms with Gasteiger partial charge in [-0.1, -0.05) is 48.5 Å². The Hall–Kier alpha value is -3.45. The molecule has 1 aromatic heterocycles. The summed E-state index contributed by atoms with van der Waals surface area (Å²) >= 11 is 0. The summed E-state index contributed by atoms with van der Waals surface area (Å²) in [7, 11) is 1.84. The van der Waals surface area contributed by atoms with Crippen LogP contribution in [0.15, 0.2) is 66.9 Å². The predicted molar refractivity (Wildman–Crippen MR) is 117 cm³/mol. The average molecular weight is 406 g/mol. The van der Waals surface area contributed by atoms with E-state index in [9.17, 15) is 9.59 Å². The maximum atomic E-state index is 12.2. The summed E-state index contributed by atoms with van der Waals surface area (Å²) < 4.78 is 1.85. The number of aromatic nitrogens is 2. The summed E-state index contributed by atoms with van der Waals surface area (Å²) in [5.74, 6) is -0.354. The van der Waals surface area contributed by atoms with Crippen LogP contribution < -0.4 is 10.6 Å². The van der Waals surface area contributed by atoms with Gasteiger partial charge in [-0.3, -0.25) is 15.0 Å². The second kappa shape index (κ2) is 9.84. The summed E-state index contributed by atoms with van der Waals surface area (Å²) in [5.41, 5.74) is 3.83. The molecular formula is C23H27N5O2. The van der Waals surface area contributed by atoms with E-state index >= 15 is 0 Å². The fraction of sp³-hybridized carbons (Fsp3) is 0.261. The molecule has 0 spiro atoms. The smallest absolute Gasteiger partial charge is 0.321 e. The van der Waals surface area contributed by atoms with E-state index in [1.807, 2.05) is 97.3 Å². The van der Waals surface area contributed by atoms with E-state index in [0.717, 1.165) is 22.5 Å². The molecule has 156 valence electrons. The minimum absolute atomic E-state index is 0.0345. The number of rotatable bonds is 7. The van der Waals surface area contributed by atoms with E-state index in [-0.39, 0.29) is 18.5 Å². The lowest BCUT2D eigenvalue weighted by Gasteiger charge is -2.16. The fourth-order valence-corrected chi connectivity index (χ4v) is 3.13. The Bertz CT molecular complexity index is 983. The van der Waals surface area contributed by atoms with Crippen LogP contribution in [0.1, 0.15) is 19.4 Å². The van der Waals surface area contributed by atoms with Gasteiger partial charge in [0.1, 0.15) is 0 Å². The van der Waals surface area contributed by atoms with Crippen LogP contribution in [-0.2, 0) is 11.3 Å². The first-order chi connectivity index (χ1) is 14.4. The van der Waals surface area contributed by atoms with E-state index in [1.54, 1.807) is 0 Å². The number of nitrogens with zero attached hydrogens (tertiary/aromatic N) is 3. The third-order valence-corrected chi connectivity index (χ3v) is 4.38. The Labute approximate surface area is 176 Å². The van der Waals surface area contributed by atoms with Gasteiger partial charge in [0, 0.05) is 29.9 Å². The van der Waals surface area contributed by atoms with Crippen LogP contribution in [0, 0.1) is 0 Å². The van der Waals surface area contributed by atoms with Crippen molar-refractivity contribution in [2.75, 3.05) is 13.6 Å². The average Bonchev–Trinajstić information content (AvgIpc) is 3.12. The monoisotopic (exact) mass is 405 g/mol. The Balaban J connectivity index is 1.76. The molecule has 3 rings (SSSR count). The van der Waals surface area contributed by atoms with E-state index in [4.69, 9.17) is 5.10 Å². The third kappa shape index (κ3) is 5.78. The molecule has 0 saturated heterocycles. The third-order valence-electron chi connectivity index (χ3n) is 4.38. The largest absolute Gasteiger partial charge is 0.336 e. The van der Waals surface area contributed by atoms with Gasteiger partial charge < -0.3 is 5.32 Å². The van der Waals surface area contributed by atoms with Gasteiger partial charge in [-0.15, -0.1) is 0 Å². The van der Waals surface area contributed by atoms with Crippen LogP contribution in [0.25, 0.3) is 16.9 Å². The lowest BCUT2D eigenvalue weighted by atomic mass is 10.1. The highest BCUT2D eigenvalue weighted by molar-refractivity contribution is 5.95. The number of para-hydroxylation sites is 1. The Morgan fingerprint density at radius 2 is 1.67 bits per heavy atom. The molecule has 3 amide bonds. The second-order valence-corrected chi connectivity index (χ2v) is 7.50. The molecule has 0 radical (unpaired) electrons. The van der Waals surface area contributed by atoms with Crippen molar-refractivity contribution in [2.24, 2.45) is 0 Å². The molecule has 0 fully saturated rings. The van der Waals surface area contributed by atoms with Crippen LogP contribution in [0.3, 0.4) is 0 Å². The number of urea groups is 1. The first kappa shape index (κ1) is 21.3. The number of nitrogens with one attached hydrogen (secondary N) is 2. The van der Waals surface area contributed by atoms with Crippen LogP contribution in [0.4, 0.5) is 4.79 Å². The van der Waals surface area contributed by atoms with Crippen molar-refractivity contribution in [2.45, 2.75) is 26.4 Å². The number of hydrogen-bond acceptors (Lipinski definition) is 4. The van der Waals surface area contributed by atoms with E-state index in [2.05, 4.69) is 10.6 Å². The van der Waals surface area contributed by atoms with Crippen molar-refractivity contribution < 1.29 is 9.59 Å². The summed E-state index contributed by atoms with van der Waals surface area (Å²) in [4.78, 5) is 25.8. The SMILES string of the molecule is CC(C)NC(=O)NC(=O)CN(C)Cc1cn(-c2ccccc2)nc1-c1ccccc1. The molecule has 0 aliphatic heterocycles. The molecule has 0 atom stereocenters. The number of imide groups is 1. The normalized spacial score (nSPS) is 11.0. The molecule has 2 aromatic carbocycles. The van der Waals surface area contributed by atoms with Gasteiger partial charge in [0.05, 0.1) is 17.9 Å². The van der Waals surface area contributed by atoms with Gasteiger partial charge in [0.25, 0.3) is 0 Å². The molecular weight excluding hydrogens is 378 g/mol. The molecule has 0 bridgehead atoms. The fourth-order valence-electron chi connectivity index (χ4n) is 3.13. The second-order valence-electron chi connectivity index (χ2n) is 7.50. The van der Waals surface area contributed by atoms with Crippen LogP contribution in [0.5, 0.6) is 0 Å². The molecule has 0 aliphatic carbocycles. The quantitative estimate of drug-likeness (QED) is 0.633. The van der Waals surface area contributed by atoms with Gasteiger partial charge in [0.2, 0.25) is 5.91 Å². The standard InChI is InChI=1S/C23H27N5O2/c1-17(2)24-23(30)25-21(29)16-27(3)14-19-15-28(20-12-8-5-9-13-20)26-22(19)18-10-6-4-7-11-18/h4-13,15,17H,14,16H2,1-3H3,(H2,24,25,29,30).